The van der Waals surface area contributed by atoms with E-state index in [4.69, 9.17) is 0 Å². The zero-order valence-electron chi connectivity index (χ0n) is 11.7. The second-order valence-electron chi connectivity index (χ2n) is 4.52. The molecule has 108 valence electrons. The molecule has 1 aromatic rings. The molecule has 0 aliphatic carbocycles. The summed E-state index contributed by atoms with van der Waals surface area (Å²) in [7, 11) is -3.14. The maximum Gasteiger partial charge on any atom is 0.212 e. The van der Waals surface area contributed by atoms with E-state index in [9.17, 15) is 8.42 Å². The molecule has 0 aromatic heterocycles. The fourth-order valence-electron chi connectivity index (χ4n) is 2.02. The van der Waals surface area contributed by atoms with Crippen molar-refractivity contribution in [3.05, 3.63) is 35.9 Å². The molecule has 0 aliphatic rings. The van der Waals surface area contributed by atoms with Gasteiger partial charge in [0.15, 0.2) is 0 Å². The van der Waals surface area contributed by atoms with Crippen LogP contribution in [-0.4, -0.2) is 27.3 Å². The fourth-order valence-corrected chi connectivity index (χ4v) is 2.99. The Morgan fingerprint density at radius 2 is 1.84 bits per heavy atom. The Hall–Kier alpha value is -0.910. The Bertz CT molecular complexity index is 446. The number of hydrogen-bond acceptors (Lipinski definition) is 3. The third kappa shape index (κ3) is 6.18. The molecule has 0 saturated carbocycles. The van der Waals surface area contributed by atoms with E-state index in [1.807, 2.05) is 18.2 Å². The summed E-state index contributed by atoms with van der Waals surface area (Å²) < 4.78 is 25.6. The Morgan fingerprint density at radius 1 is 1.16 bits per heavy atom. The molecule has 2 N–H and O–H groups in total. The van der Waals surface area contributed by atoms with Gasteiger partial charge in [0.25, 0.3) is 0 Å². The molecule has 0 radical (unpaired) electrons. The third-order valence-electron chi connectivity index (χ3n) is 2.91. The smallest absolute Gasteiger partial charge is 0.212 e. The largest absolute Gasteiger partial charge is 0.309 e. The molecule has 1 unspecified atom stereocenters. The van der Waals surface area contributed by atoms with Gasteiger partial charge in [-0.3, -0.25) is 0 Å². The first kappa shape index (κ1) is 16.1. The lowest BCUT2D eigenvalue weighted by atomic mass is 10.0. The summed E-state index contributed by atoms with van der Waals surface area (Å²) in [5, 5.41) is 3.33. The van der Waals surface area contributed by atoms with Crippen molar-refractivity contribution in [1.29, 1.82) is 0 Å². The van der Waals surface area contributed by atoms with E-state index >= 15 is 0 Å². The van der Waals surface area contributed by atoms with Gasteiger partial charge in [-0.05, 0) is 12.0 Å². The van der Waals surface area contributed by atoms with E-state index < -0.39 is 10.0 Å². The van der Waals surface area contributed by atoms with Crippen molar-refractivity contribution in [2.45, 2.75) is 32.7 Å². The second kappa shape index (κ2) is 8.30. The van der Waals surface area contributed by atoms with Crippen LogP contribution in [-0.2, 0) is 10.0 Å². The van der Waals surface area contributed by atoms with Crippen LogP contribution in [0.25, 0.3) is 0 Å². The minimum Gasteiger partial charge on any atom is -0.309 e. The van der Waals surface area contributed by atoms with Crippen molar-refractivity contribution in [2.24, 2.45) is 0 Å². The zero-order chi connectivity index (χ0) is 14.1. The van der Waals surface area contributed by atoms with Crippen LogP contribution in [0.5, 0.6) is 0 Å². The number of sulfonamides is 1. The van der Waals surface area contributed by atoms with Gasteiger partial charge < -0.3 is 5.32 Å². The first-order chi connectivity index (χ1) is 9.09. The van der Waals surface area contributed by atoms with E-state index in [1.54, 1.807) is 6.92 Å². The van der Waals surface area contributed by atoms with Gasteiger partial charge in [0, 0.05) is 19.1 Å². The number of benzene rings is 1. The van der Waals surface area contributed by atoms with Crippen LogP contribution in [0.15, 0.2) is 30.3 Å². The highest BCUT2D eigenvalue weighted by molar-refractivity contribution is 7.89. The molecule has 0 bridgehead atoms. The molecule has 1 rings (SSSR count). The van der Waals surface area contributed by atoms with Crippen molar-refractivity contribution >= 4 is 10.0 Å². The predicted molar refractivity (Wildman–Crippen MR) is 79.6 cm³/mol. The summed E-state index contributed by atoms with van der Waals surface area (Å²) in [6, 6.07) is 10.4. The average Bonchev–Trinajstić information content (AvgIpc) is 2.38. The van der Waals surface area contributed by atoms with Crippen molar-refractivity contribution in [2.75, 3.05) is 18.8 Å². The van der Waals surface area contributed by atoms with E-state index in [2.05, 4.69) is 29.1 Å². The summed E-state index contributed by atoms with van der Waals surface area (Å²) in [4.78, 5) is 0. The van der Waals surface area contributed by atoms with E-state index in [-0.39, 0.29) is 11.8 Å². The number of rotatable bonds is 9. The van der Waals surface area contributed by atoms with Gasteiger partial charge >= 0.3 is 0 Å². The molecule has 0 saturated heterocycles. The number of nitrogens with one attached hydrogen (secondary N) is 2. The quantitative estimate of drug-likeness (QED) is 0.730. The Labute approximate surface area is 116 Å². The standard InChI is InChI=1S/C14H24N2O2S/c1-3-8-14(13-9-6-5-7-10-13)15-11-12-19(17,18)16-4-2/h5-7,9-10,14-16H,3-4,8,11-12H2,1-2H3. The molecular weight excluding hydrogens is 260 g/mol. The first-order valence-electron chi connectivity index (χ1n) is 6.84. The van der Waals surface area contributed by atoms with Crippen LogP contribution in [0.2, 0.25) is 0 Å². The minimum absolute atomic E-state index is 0.119. The summed E-state index contributed by atoms with van der Waals surface area (Å²) in [6.07, 6.45) is 2.07. The Balaban J connectivity index is 2.52. The molecule has 1 atom stereocenters. The second-order valence-corrected chi connectivity index (χ2v) is 6.45. The van der Waals surface area contributed by atoms with Crippen LogP contribution in [0, 0.1) is 0 Å². The summed E-state index contributed by atoms with van der Waals surface area (Å²) in [6.45, 7) is 4.83. The fraction of sp³-hybridized carbons (Fsp3) is 0.571. The summed E-state index contributed by atoms with van der Waals surface area (Å²) >= 11 is 0. The molecule has 0 amide bonds. The Kier molecular flexibility index (Phi) is 7.05. The van der Waals surface area contributed by atoms with Crippen LogP contribution in [0.4, 0.5) is 0 Å². The van der Waals surface area contributed by atoms with Gasteiger partial charge in [-0.15, -0.1) is 0 Å². The summed E-state index contributed by atoms with van der Waals surface area (Å²) in [5.74, 6) is 0.119. The van der Waals surface area contributed by atoms with Crippen molar-refractivity contribution in [1.82, 2.24) is 10.0 Å². The maximum absolute atomic E-state index is 11.6. The minimum atomic E-state index is -3.14. The number of hydrogen-bond donors (Lipinski definition) is 2. The molecule has 5 heteroatoms. The maximum atomic E-state index is 11.6. The highest BCUT2D eigenvalue weighted by Crippen LogP contribution is 2.17. The molecule has 0 spiro atoms. The molecule has 0 aliphatic heterocycles. The van der Waals surface area contributed by atoms with Crippen molar-refractivity contribution in [3.8, 4) is 0 Å². The monoisotopic (exact) mass is 284 g/mol. The van der Waals surface area contributed by atoms with Crippen LogP contribution < -0.4 is 10.0 Å². The molecule has 0 fully saturated rings. The van der Waals surface area contributed by atoms with Crippen LogP contribution >= 0.6 is 0 Å². The van der Waals surface area contributed by atoms with Crippen LogP contribution in [0.3, 0.4) is 0 Å². The van der Waals surface area contributed by atoms with E-state index in [0.717, 1.165) is 12.8 Å². The SMILES string of the molecule is CCCC(NCCS(=O)(=O)NCC)c1ccccc1. The van der Waals surface area contributed by atoms with E-state index in [0.29, 0.717) is 13.1 Å². The predicted octanol–water partition coefficient (Wildman–Crippen LogP) is 2.06. The first-order valence-corrected chi connectivity index (χ1v) is 8.50. The molecule has 0 heterocycles. The van der Waals surface area contributed by atoms with E-state index in [1.165, 1.54) is 5.56 Å². The highest BCUT2D eigenvalue weighted by Gasteiger charge is 2.12. The van der Waals surface area contributed by atoms with Crippen molar-refractivity contribution in [3.63, 3.8) is 0 Å². The van der Waals surface area contributed by atoms with Gasteiger partial charge in [-0.1, -0.05) is 50.6 Å². The van der Waals surface area contributed by atoms with Gasteiger partial charge in [-0.2, -0.15) is 0 Å². The lowest BCUT2D eigenvalue weighted by molar-refractivity contribution is 0.505. The molecule has 4 nitrogen and oxygen atoms in total. The Morgan fingerprint density at radius 3 is 2.42 bits per heavy atom. The zero-order valence-corrected chi connectivity index (χ0v) is 12.5. The normalized spacial score (nSPS) is 13.4. The van der Waals surface area contributed by atoms with Crippen molar-refractivity contribution < 1.29 is 8.42 Å². The van der Waals surface area contributed by atoms with Gasteiger partial charge in [-0.25, -0.2) is 13.1 Å². The summed E-state index contributed by atoms with van der Waals surface area (Å²) in [5.41, 5.74) is 1.21. The molecule has 1 aromatic carbocycles. The topological polar surface area (TPSA) is 58.2 Å². The average molecular weight is 284 g/mol. The van der Waals surface area contributed by atoms with Gasteiger partial charge in [0.05, 0.1) is 5.75 Å². The molecule has 19 heavy (non-hydrogen) atoms. The van der Waals surface area contributed by atoms with Crippen LogP contribution in [0.1, 0.15) is 38.3 Å². The molecular formula is C14H24N2O2S. The lowest BCUT2D eigenvalue weighted by Crippen LogP contribution is -2.33. The third-order valence-corrected chi connectivity index (χ3v) is 4.38. The highest BCUT2D eigenvalue weighted by atomic mass is 32.2. The van der Waals surface area contributed by atoms with Gasteiger partial charge in [0.1, 0.15) is 0 Å². The van der Waals surface area contributed by atoms with Gasteiger partial charge in [0.2, 0.25) is 10.0 Å². The lowest BCUT2D eigenvalue weighted by Gasteiger charge is -2.18.